The second-order valence-electron chi connectivity index (χ2n) is 10.9. The number of carbonyl (C=O) groups excluding carboxylic acids is 1. The minimum atomic E-state index is -0.804. The van der Waals surface area contributed by atoms with Crippen molar-refractivity contribution in [2.24, 2.45) is 22.7 Å². The van der Waals surface area contributed by atoms with E-state index in [2.05, 4.69) is 13.8 Å². The van der Waals surface area contributed by atoms with E-state index < -0.39 is 11.9 Å². The third-order valence-corrected chi connectivity index (χ3v) is 8.77. The molecule has 3 aliphatic heterocycles. The number of aliphatic hydroxyl groups is 1. The Kier molecular flexibility index (Phi) is 4.33. The number of fused-ring (bicyclic) bond motifs is 3. The molecule has 2 aliphatic carbocycles. The van der Waals surface area contributed by atoms with Gasteiger partial charge in [0.1, 0.15) is 12.7 Å². The standard InChI is InChI=1S/C23H34O6/c1-20(2)27-12-22(4)16-7-10-23(13-28-23)17(21(16,3)9-8-18(22)29-20)6-5-14-15(24)11-26-19(14)25/h5,15-18,24H,6-13H2,1-4H3/b14-5-/t15-,16?,17+,18-,21+,22+,23?/m1/s1. The fourth-order valence-electron chi connectivity index (χ4n) is 7.11. The average Bonchev–Trinajstić information content (AvgIpc) is 3.35. The predicted octanol–water partition coefficient (Wildman–Crippen LogP) is 2.97. The molecular formula is C23H34O6. The van der Waals surface area contributed by atoms with Gasteiger partial charge in [0.2, 0.25) is 0 Å². The van der Waals surface area contributed by atoms with E-state index in [4.69, 9.17) is 18.9 Å². The van der Waals surface area contributed by atoms with Gasteiger partial charge in [0, 0.05) is 5.41 Å². The smallest absolute Gasteiger partial charge is 0.336 e. The molecule has 162 valence electrons. The molecule has 3 heterocycles. The largest absolute Gasteiger partial charge is 0.459 e. The molecular weight excluding hydrogens is 372 g/mol. The van der Waals surface area contributed by atoms with Crippen molar-refractivity contribution in [3.63, 3.8) is 0 Å². The molecule has 0 bridgehead atoms. The maximum Gasteiger partial charge on any atom is 0.336 e. The van der Waals surface area contributed by atoms with Crippen molar-refractivity contribution in [2.75, 3.05) is 19.8 Å². The molecule has 29 heavy (non-hydrogen) atoms. The Morgan fingerprint density at radius 3 is 2.48 bits per heavy atom. The lowest BCUT2D eigenvalue weighted by Gasteiger charge is -2.64. The lowest BCUT2D eigenvalue weighted by Crippen LogP contribution is -2.64. The van der Waals surface area contributed by atoms with Crippen molar-refractivity contribution < 1.29 is 28.8 Å². The Morgan fingerprint density at radius 1 is 1.07 bits per heavy atom. The minimum absolute atomic E-state index is 0.0176. The van der Waals surface area contributed by atoms with E-state index in [1.165, 1.54) is 0 Å². The number of allylic oxidation sites excluding steroid dienone is 1. The van der Waals surface area contributed by atoms with Crippen molar-refractivity contribution in [2.45, 2.75) is 83.4 Å². The van der Waals surface area contributed by atoms with Crippen molar-refractivity contribution in [3.8, 4) is 0 Å². The Hall–Kier alpha value is -0.950. The lowest BCUT2D eigenvalue weighted by atomic mass is 9.44. The second-order valence-corrected chi connectivity index (χ2v) is 10.9. The first-order valence-corrected chi connectivity index (χ1v) is 11.1. The SMILES string of the molecule is CC1(C)OC[C@@]2(C)C3CCC4(CO4)[C@@H](C/C=C4\C(=O)OC[C@H]4O)[C@@]3(C)CC[C@H]2O1. The molecule has 0 aromatic carbocycles. The number of aliphatic hydroxyl groups excluding tert-OH is 1. The minimum Gasteiger partial charge on any atom is -0.459 e. The Morgan fingerprint density at radius 2 is 1.83 bits per heavy atom. The van der Waals surface area contributed by atoms with Gasteiger partial charge in [0.05, 0.1) is 30.5 Å². The molecule has 1 spiro atoms. The van der Waals surface area contributed by atoms with Crippen molar-refractivity contribution >= 4 is 5.97 Å². The van der Waals surface area contributed by atoms with Gasteiger partial charge >= 0.3 is 5.97 Å². The van der Waals surface area contributed by atoms with E-state index in [1.54, 1.807) is 0 Å². The lowest BCUT2D eigenvalue weighted by molar-refractivity contribution is -0.347. The fraction of sp³-hybridized carbons (Fsp3) is 0.870. The van der Waals surface area contributed by atoms with Crippen molar-refractivity contribution in [1.29, 1.82) is 0 Å². The van der Waals surface area contributed by atoms with Crippen LogP contribution in [0, 0.1) is 22.7 Å². The van der Waals surface area contributed by atoms with Crippen LogP contribution in [-0.2, 0) is 23.7 Å². The molecule has 6 nitrogen and oxygen atoms in total. The number of hydrogen-bond donors (Lipinski definition) is 1. The summed E-state index contributed by atoms with van der Waals surface area (Å²) in [7, 11) is 0. The van der Waals surface area contributed by atoms with Gasteiger partial charge in [-0.2, -0.15) is 0 Å². The zero-order valence-corrected chi connectivity index (χ0v) is 18.0. The van der Waals surface area contributed by atoms with Gasteiger partial charge < -0.3 is 24.1 Å². The highest BCUT2D eigenvalue weighted by molar-refractivity contribution is 5.91. The van der Waals surface area contributed by atoms with Crippen molar-refractivity contribution in [3.05, 3.63) is 11.6 Å². The summed E-state index contributed by atoms with van der Waals surface area (Å²) in [5.74, 6) is -0.109. The molecule has 0 aromatic heterocycles. The van der Waals surface area contributed by atoms with Gasteiger partial charge in [-0.15, -0.1) is 0 Å². The number of epoxide rings is 1. The van der Waals surface area contributed by atoms with Gasteiger partial charge in [-0.3, -0.25) is 0 Å². The Balaban J connectivity index is 1.45. The van der Waals surface area contributed by atoms with Gasteiger partial charge in [-0.1, -0.05) is 19.9 Å². The van der Waals surface area contributed by atoms with Crippen molar-refractivity contribution in [1.82, 2.24) is 0 Å². The van der Waals surface area contributed by atoms with Gasteiger partial charge in [0.25, 0.3) is 0 Å². The predicted molar refractivity (Wildman–Crippen MR) is 105 cm³/mol. The molecule has 5 aliphatic rings. The van der Waals surface area contributed by atoms with Gasteiger partial charge in [-0.25, -0.2) is 4.79 Å². The summed E-state index contributed by atoms with van der Waals surface area (Å²) in [5.41, 5.74) is 0.404. The first kappa shape index (κ1) is 20.0. The monoisotopic (exact) mass is 406 g/mol. The first-order valence-electron chi connectivity index (χ1n) is 11.1. The van der Waals surface area contributed by atoms with Crippen LogP contribution in [0.2, 0.25) is 0 Å². The number of esters is 1. The third kappa shape index (κ3) is 2.93. The maximum absolute atomic E-state index is 12.0. The molecule has 1 N–H and O–H groups in total. The zero-order chi connectivity index (χ0) is 20.7. The van der Waals surface area contributed by atoms with Crippen LogP contribution in [0.3, 0.4) is 0 Å². The summed E-state index contributed by atoms with van der Waals surface area (Å²) >= 11 is 0. The van der Waals surface area contributed by atoms with Crippen LogP contribution in [-0.4, -0.2) is 54.5 Å². The van der Waals surface area contributed by atoms with E-state index >= 15 is 0 Å². The third-order valence-electron chi connectivity index (χ3n) is 8.77. The average molecular weight is 407 g/mol. The highest BCUT2D eigenvalue weighted by Gasteiger charge is 2.68. The summed E-state index contributed by atoms with van der Waals surface area (Å²) in [6, 6.07) is 0. The molecule has 0 aromatic rings. The van der Waals surface area contributed by atoms with Crippen LogP contribution in [0.15, 0.2) is 11.6 Å². The summed E-state index contributed by atoms with van der Waals surface area (Å²) in [5, 5.41) is 10.1. The topological polar surface area (TPSA) is 77.5 Å². The quantitative estimate of drug-likeness (QED) is 0.432. The van der Waals surface area contributed by atoms with Crippen LogP contribution in [0.25, 0.3) is 0 Å². The van der Waals surface area contributed by atoms with Crippen LogP contribution >= 0.6 is 0 Å². The molecule has 3 saturated heterocycles. The van der Waals surface area contributed by atoms with E-state index in [0.29, 0.717) is 17.4 Å². The first-order chi connectivity index (χ1) is 13.6. The number of carbonyl (C=O) groups is 1. The van der Waals surface area contributed by atoms with Crippen LogP contribution in [0.4, 0.5) is 0 Å². The number of cyclic esters (lactones) is 1. The Labute approximate surface area is 172 Å². The van der Waals surface area contributed by atoms with E-state index in [-0.39, 0.29) is 35.1 Å². The highest BCUT2D eigenvalue weighted by atomic mass is 16.7. The molecule has 2 unspecified atom stereocenters. The normalized spacial score (nSPS) is 52.2. The molecule has 2 saturated carbocycles. The molecule has 0 radical (unpaired) electrons. The zero-order valence-electron chi connectivity index (χ0n) is 18.0. The maximum atomic E-state index is 12.0. The van der Waals surface area contributed by atoms with Gasteiger partial charge in [0.15, 0.2) is 5.79 Å². The fourth-order valence-corrected chi connectivity index (χ4v) is 7.11. The summed E-state index contributed by atoms with van der Waals surface area (Å²) < 4.78 is 23.6. The second kappa shape index (κ2) is 6.28. The summed E-state index contributed by atoms with van der Waals surface area (Å²) in [4.78, 5) is 12.0. The molecule has 5 fully saturated rings. The van der Waals surface area contributed by atoms with Gasteiger partial charge in [-0.05, 0) is 63.2 Å². The van der Waals surface area contributed by atoms with E-state index in [1.807, 2.05) is 19.9 Å². The number of rotatable bonds is 2. The van der Waals surface area contributed by atoms with E-state index in [0.717, 1.165) is 45.3 Å². The molecule has 0 amide bonds. The number of hydrogen-bond acceptors (Lipinski definition) is 6. The molecule has 7 atom stereocenters. The van der Waals surface area contributed by atoms with Crippen LogP contribution in [0.1, 0.15) is 59.8 Å². The van der Waals surface area contributed by atoms with Crippen LogP contribution in [0.5, 0.6) is 0 Å². The summed E-state index contributed by atoms with van der Waals surface area (Å²) in [6.45, 7) is 10.4. The number of ether oxygens (including phenoxy) is 4. The highest BCUT2D eigenvalue weighted by Crippen LogP contribution is 2.67. The van der Waals surface area contributed by atoms with Crippen LogP contribution < -0.4 is 0 Å². The summed E-state index contributed by atoms with van der Waals surface area (Å²) in [6.07, 6.45) is 6.33. The van der Waals surface area contributed by atoms with E-state index in [9.17, 15) is 9.90 Å². The molecule has 5 rings (SSSR count). The Bertz CT molecular complexity index is 740. The molecule has 6 heteroatoms.